The molecule has 0 radical (unpaired) electrons. The molecule has 0 aliphatic carbocycles. The van der Waals surface area contributed by atoms with Gasteiger partial charge in [0.1, 0.15) is 8.24 Å². The van der Waals surface area contributed by atoms with Crippen LogP contribution in [0.25, 0.3) is 0 Å². The first-order valence-corrected chi connectivity index (χ1v) is 8.97. The van der Waals surface area contributed by atoms with Gasteiger partial charge >= 0.3 is 0 Å². The molecular formula is C12H24N4Si. The number of nitrogens with one attached hydrogen (secondary N) is 2. The summed E-state index contributed by atoms with van der Waals surface area (Å²) in [7, 11) is -1.56. The smallest absolute Gasteiger partial charge is 0.237 e. The van der Waals surface area contributed by atoms with E-state index in [4.69, 9.17) is 0 Å². The average molecular weight is 252 g/mol. The maximum atomic E-state index is 4.36. The fourth-order valence-electron chi connectivity index (χ4n) is 1.18. The second-order valence-corrected chi connectivity index (χ2v) is 11.1. The molecule has 0 fully saturated rings. The van der Waals surface area contributed by atoms with Crippen molar-refractivity contribution >= 4 is 14.2 Å². The Kier molecular flexibility index (Phi) is 3.94. The Balaban J connectivity index is 2.74. The lowest BCUT2D eigenvalue weighted by Crippen LogP contribution is -2.54. The van der Waals surface area contributed by atoms with Gasteiger partial charge in [0, 0.05) is 11.4 Å². The first-order chi connectivity index (χ1) is 7.62. The van der Waals surface area contributed by atoms with Crippen LogP contribution in [0.15, 0.2) is 6.07 Å². The predicted molar refractivity (Wildman–Crippen MR) is 75.5 cm³/mol. The van der Waals surface area contributed by atoms with Gasteiger partial charge in [-0.3, -0.25) is 10.5 Å². The molecule has 0 unspecified atom stereocenters. The average Bonchev–Trinajstić information content (AvgIpc) is 2.11. The summed E-state index contributed by atoms with van der Waals surface area (Å²) < 4.78 is 0. The van der Waals surface area contributed by atoms with Crippen molar-refractivity contribution in [3.63, 3.8) is 0 Å². The highest BCUT2D eigenvalue weighted by molar-refractivity contribution is 6.77. The zero-order chi connectivity index (χ0) is 13.3. The lowest BCUT2D eigenvalue weighted by Gasteiger charge is -2.37. The third-order valence-electron chi connectivity index (χ3n) is 3.34. The second kappa shape index (κ2) is 4.74. The van der Waals surface area contributed by atoms with Gasteiger partial charge in [0.15, 0.2) is 0 Å². The van der Waals surface area contributed by atoms with Gasteiger partial charge < -0.3 is 0 Å². The van der Waals surface area contributed by atoms with Crippen molar-refractivity contribution in [1.29, 1.82) is 0 Å². The Morgan fingerprint density at radius 2 is 1.53 bits per heavy atom. The van der Waals surface area contributed by atoms with Crippen LogP contribution in [0.4, 0.5) is 5.95 Å². The highest BCUT2D eigenvalue weighted by Gasteiger charge is 2.35. The van der Waals surface area contributed by atoms with Crippen LogP contribution in [-0.2, 0) is 0 Å². The SMILES string of the molecule is Cc1cc(C)nc(NN[Si](C)(C)C(C)(C)C)n1. The van der Waals surface area contributed by atoms with E-state index in [1.165, 1.54) is 0 Å². The third-order valence-corrected chi connectivity index (χ3v) is 7.84. The van der Waals surface area contributed by atoms with Crippen LogP contribution in [0.5, 0.6) is 0 Å². The first kappa shape index (κ1) is 14.1. The molecular weight excluding hydrogens is 228 g/mol. The number of hydrogen-bond donors (Lipinski definition) is 2. The van der Waals surface area contributed by atoms with Crippen LogP contribution >= 0.6 is 0 Å². The zero-order valence-corrected chi connectivity index (χ0v) is 13.0. The fourth-order valence-corrected chi connectivity index (χ4v) is 1.98. The van der Waals surface area contributed by atoms with Gasteiger partial charge in [-0.1, -0.05) is 33.9 Å². The molecule has 1 rings (SSSR count). The van der Waals surface area contributed by atoms with Crippen LogP contribution in [0.1, 0.15) is 32.2 Å². The molecule has 0 atom stereocenters. The Morgan fingerprint density at radius 3 is 1.94 bits per heavy atom. The minimum Gasteiger partial charge on any atom is -0.296 e. The number of hydrazine groups is 1. The van der Waals surface area contributed by atoms with Crippen molar-refractivity contribution in [1.82, 2.24) is 15.1 Å². The van der Waals surface area contributed by atoms with Crippen molar-refractivity contribution in [3.8, 4) is 0 Å². The van der Waals surface area contributed by atoms with Crippen molar-refractivity contribution in [3.05, 3.63) is 17.5 Å². The Bertz CT molecular complexity index is 376. The van der Waals surface area contributed by atoms with E-state index in [1.54, 1.807) is 0 Å². The molecule has 96 valence electrons. The minimum absolute atomic E-state index is 0.277. The Labute approximate surface area is 105 Å². The van der Waals surface area contributed by atoms with Crippen molar-refractivity contribution in [2.75, 3.05) is 5.43 Å². The van der Waals surface area contributed by atoms with E-state index in [-0.39, 0.29) is 5.04 Å². The van der Waals surface area contributed by atoms with Crippen LogP contribution in [0.3, 0.4) is 0 Å². The minimum atomic E-state index is -1.56. The van der Waals surface area contributed by atoms with Gasteiger partial charge in [-0.25, -0.2) is 9.97 Å². The molecule has 17 heavy (non-hydrogen) atoms. The summed E-state index contributed by atoms with van der Waals surface area (Å²) >= 11 is 0. The van der Waals surface area contributed by atoms with Crippen molar-refractivity contribution in [2.24, 2.45) is 0 Å². The van der Waals surface area contributed by atoms with E-state index < -0.39 is 8.24 Å². The van der Waals surface area contributed by atoms with Crippen LogP contribution in [-0.4, -0.2) is 18.2 Å². The molecule has 5 heteroatoms. The van der Waals surface area contributed by atoms with Gasteiger partial charge in [0.05, 0.1) is 0 Å². The van der Waals surface area contributed by atoms with Gasteiger partial charge in [-0.15, -0.1) is 0 Å². The zero-order valence-electron chi connectivity index (χ0n) is 12.0. The molecule has 0 bridgehead atoms. The molecule has 0 aliphatic rings. The van der Waals surface area contributed by atoms with Crippen LogP contribution < -0.4 is 10.5 Å². The highest BCUT2D eigenvalue weighted by atomic mass is 28.3. The maximum absolute atomic E-state index is 4.36. The molecule has 0 spiro atoms. The highest BCUT2D eigenvalue weighted by Crippen LogP contribution is 2.33. The molecule has 1 aromatic heterocycles. The lowest BCUT2D eigenvalue weighted by atomic mass is 10.2. The lowest BCUT2D eigenvalue weighted by molar-refractivity contribution is 0.698. The summed E-state index contributed by atoms with van der Waals surface area (Å²) in [6, 6.07) is 1.97. The number of hydrogen-bond acceptors (Lipinski definition) is 4. The van der Waals surface area contributed by atoms with E-state index in [1.807, 2.05) is 19.9 Å². The van der Waals surface area contributed by atoms with Gasteiger partial charge in [0.2, 0.25) is 5.95 Å². The fraction of sp³-hybridized carbons (Fsp3) is 0.667. The summed E-state index contributed by atoms with van der Waals surface area (Å²) in [5.41, 5.74) is 5.13. The van der Waals surface area contributed by atoms with E-state index in [9.17, 15) is 0 Å². The maximum Gasteiger partial charge on any atom is 0.237 e. The van der Waals surface area contributed by atoms with Crippen molar-refractivity contribution < 1.29 is 0 Å². The quantitative estimate of drug-likeness (QED) is 0.641. The third kappa shape index (κ3) is 3.78. The summed E-state index contributed by atoms with van der Waals surface area (Å²) in [4.78, 5) is 8.71. The summed E-state index contributed by atoms with van der Waals surface area (Å²) in [5.74, 6) is 0.660. The summed E-state index contributed by atoms with van der Waals surface area (Å²) in [5, 5.41) is 3.71. The number of aromatic nitrogens is 2. The number of anilines is 1. The number of nitrogens with zero attached hydrogens (tertiary/aromatic N) is 2. The molecule has 4 nitrogen and oxygen atoms in total. The largest absolute Gasteiger partial charge is 0.296 e. The van der Waals surface area contributed by atoms with E-state index in [2.05, 4.69) is 54.4 Å². The molecule has 1 aromatic rings. The van der Waals surface area contributed by atoms with Crippen LogP contribution in [0, 0.1) is 13.8 Å². The van der Waals surface area contributed by atoms with Gasteiger partial charge in [-0.05, 0) is 25.0 Å². The molecule has 2 N–H and O–H groups in total. The predicted octanol–water partition coefficient (Wildman–Crippen LogP) is 3.02. The first-order valence-electron chi connectivity index (χ1n) is 5.97. The Hall–Kier alpha value is -0.943. The molecule has 0 saturated heterocycles. The molecule has 1 heterocycles. The Morgan fingerprint density at radius 1 is 1.06 bits per heavy atom. The molecule has 0 aliphatic heterocycles. The van der Waals surface area contributed by atoms with Gasteiger partial charge in [0.25, 0.3) is 0 Å². The van der Waals surface area contributed by atoms with Crippen LogP contribution in [0.2, 0.25) is 18.1 Å². The molecule has 0 saturated carbocycles. The van der Waals surface area contributed by atoms with E-state index >= 15 is 0 Å². The van der Waals surface area contributed by atoms with Crippen molar-refractivity contribution in [2.45, 2.75) is 52.8 Å². The molecule has 0 aromatic carbocycles. The molecule has 0 amide bonds. The summed E-state index contributed by atoms with van der Waals surface area (Å²) in [6.07, 6.45) is 0. The second-order valence-electron chi connectivity index (χ2n) is 6.10. The standard InChI is InChI=1S/C12H24N4Si/c1-9-8-10(2)14-11(13-9)15-16-17(6,7)12(3,4)5/h8,16H,1-7H3,(H,13,14,15). The number of rotatable bonds is 3. The monoisotopic (exact) mass is 252 g/mol. The normalized spacial score (nSPS) is 12.6. The summed E-state index contributed by atoms with van der Waals surface area (Å²) in [6.45, 7) is 15.3. The van der Waals surface area contributed by atoms with E-state index in [0.29, 0.717) is 5.95 Å². The van der Waals surface area contributed by atoms with Gasteiger partial charge in [-0.2, -0.15) is 0 Å². The van der Waals surface area contributed by atoms with E-state index in [0.717, 1.165) is 11.4 Å². The number of aryl methyl sites for hydroxylation is 2. The topological polar surface area (TPSA) is 49.8 Å².